The molecule has 3 nitrogen and oxygen atoms in total. The van der Waals surface area contributed by atoms with Crippen LogP contribution in [0.5, 0.6) is 0 Å². The average Bonchev–Trinajstić information content (AvgIpc) is 3.07. The van der Waals surface area contributed by atoms with Crippen molar-refractivity contribution in [1.82, 2.24) is 5.32 Å². The lowest BCUT2D eigenvalue weighted by Gasteiger charge is -2.13. The molecule has 1 amide bonds. The fourth-order valence-corrected chi connectivity index (χ4v) is 2.27. The zero-order valence-electron chi connectivity index (χ0n) is 11.9. The second kappa shape index (κ2) is 6.92. The Morgan fingerprint density at radius 1 is 1.21 bits per heavy atom. The van der Waals surface area contributed by atoms with Gasteiger partial charge in [0.05, 0.1) is 6.54 Å². The molecular formula is C15H23ClN2O. The maximum absolute atomic E-state index is 11.8. The van der Waals surface area contributed by atoms with Gasteiger partial charge in [0, 0.05) is 5.69 Å². The van der Waals surface area contributed by atoms with Crippen LogP contribution in [0.3, 0.4) is 0 Å². The Morgan fingerprint density at radius 3 is 2.32 bits per heavy atom. The second-order valence-electron chi connectivity index (χ2n) is 5.40. The maximum Gasteiger partial charge on any atom is 0.238 e. The van der Waals surface area contributed by atoms with Crippen LogP contribution in [0, 0.1) is 26.7 Å². The number of hydrogen-bond acceptors (Lipinski definition) is 2. The fraction of sp³-hybridized carbons (Fsp3) is 0.533. The molecule has 4 heteroatoms. The van der Waals surface area contributed by atoms with Crippen molar-refractivity contribution >= 4 is 24.0 Å². The van der Waals surface area contributed by atoms with Crippen molar-refractivity contribution in [3.63, 3.8) is 0 Å². The fourth-order valence-electron chi connectivity index (χ4n) is 2.27. The summed E-state index contributed by atoms with van der Waals surface area (Å²) in [6.07, 6.45) is 2.62. The van der Waals surface area contributed by atoms with E-state index in [0.29, 0.717) is 6.54 Å². The first-order valence-electron chi connectivity index (χ1n) is 6.64. The predicted octanol–water partition coefficient (Wildman–Crippen LogP) is 2.97. The van der Waals surface area contributed by atoms with Gasteiger partial charge in [-0.05, 0) is 57.2 Å². The van der Waals surface area contributed by atoms with Gasteiger partial charge in [0.1, 0.15) is 0 Å². The number of halogens is 1. The van der Waals surface area contributed by atoms with Crippen LogP contribution in [0.25, 0.3) is 0 Å². The van der Waals surface area contributed by atoms with Gasteiger partial charge in [-0.25, -0.2) is 0 Å². The molecule has 106 valence electrons. The summed E-state index contributed by atoms with van der Waals surface area (Å²) in [6, 6.07) is 4.19. The van der Waals surface area contributed by atoms with Crippen molar-refractivity contribution in [2.24, 2.45) is 5.92 Å². The smallest absolute Gasteiger partial charge is 0.238 e. The Bertz CT molecular complexity index is 432. The average molecular weight is 283 g/mol. The molecule has 0 unspecified atom stereocenters. The third-order valence-electron chi connectivity index (χ3n) is 3.36. The Balaban J connectivity index is 0.00000180. The lowest BCUT2D eigenvalue weighted by molar-refractivity contribution is -0.115. The molecule has 1 aromatic rings. The summed E-state index contributed by atoms with van der Waals surface area (Å²) >= 11 is 0. The largest absolute Gasteiger partial charge is 0.324 e. The molecule has 19 heavy (non-hydrogen) atoms. The van der Waals surface area contributed by atoms with Crippen LogP contribution < -0.4 is 10.6 Å². The summed E-state index contributed by atoms with van der Waals surface area (Å²) < 4.78 is 0. The van der Waals surface area contributed by atoms with Crippen LogP contribution in [-0.4, -0.2) is 19.0 Å². The molecule has 0 heterocycles. The highest BCUT2D eigenvalue weighted by Crippen LogP contribution is 2.27. The van der Waals surface area contributed by atoms with Crippen molar-refractivity contribution < 1.29 is 4.79 Å². The first kappa shape index (κ1) is 16.0. The number of amides is 1. The number of nitrogens with one attached hydrogen (secondary N) is 2. The minimum Gasteiger partial charge on any atom is -0.324 e. The number of rotatable bonds is 5. The van der Waals surface area contributed by atoms with E-state index in [4.69, 9.17) is 0 Å². The molecule has 0 radical (unpaired) electrons. The zero-order valence-corrected chi connectivity index (χ0v) is 12.7. The summed E-state index contributed by atoms with van der Waals surface area (Å²) in [6.45, 7) is 7.52. The zero-order chi connectivity index (χ0) is 13.1. The highest BCUT2D eigenvalue weighted by molar-refractivity contribution is 5.93. The van der Waals surface area contributed by atoms with E-state index in [9.17, 15) is 4.79 Å². The van der Waals surface area contributed by atoms with Crippen molar-refractivity contribution in [2.75, 3.05) is 18.4 Å². The molecule has 1 saturated carbocycles. The third-order valence-corrected chi connectivity index (χ3v) is 3.36. The minimum absolute atomic E-state index is 0. The van der Waals surface area contributed by atoms with E-state index in [2.05, 4.69) is 29.7 Å². The molecule has 1 fully saturated rings. The van der Waals surface area contributed by atoms with Gasteiger partial charge in [0.2, 0.25) is 5.91 Å². The van der Waals surface area contributed by atoms with E-state index in [-0.39, 0.29) is 18.3 Å². The lowest BCUT2D eigenvalue weighted by atomic mass is 10.1. The van der Waals surface area contributed by atoms with Crippen LogP contribution in [0.4, 0.5) is 5.69 Å². The molecule has 0 aromatic heterocycles. The van der Waals surface area contributed by atoms with Crippen molar-refractivity contribution in [3.05, 3.63) is 28.8 Å². The van der Waals surface area contributed by atoms with Gasteiger partial charge in [-0.2, -0.15) is 0 Å². The topological polar surface area (TPSA) is 41.1 Å². The summed E-state index contributed by atoms with van der Waals surface area (Å²) in [5.41, 5.74) is 4.44. The molecule has 0 spiro atoms. The van der Waals surface area contributed by atoms with Gasteiger partial charge in [-0.3, -0.25) is 4.79 Å². The van der Waals surface area contributed by atoms with Crippen molar-refractivity contribution in [2.45, 2.75) is 33.6 Å². The van der Waals surface area contributed by atoms with Gasteiger partial charge in [0.25, 0.3) is 0 Å². The van der Waals surface area contributed by atoms with Crippen LogP contribution in [0.1, 0.15) is 29.5 Å². The molecule has 1 aliphatic rings. The standard InChI is InChI=1S/C15H22N2O.ClH/c1-10-6-11(2)15(12(3)7-10)17-14(18)9-16-8-13-4-5-13;/h6-7,13,16H,4-5,8-9H2,1-3H3,(H,17,18);1H. The first-order valence-corrected chi connectivity index (χ1v) is 6.64. The molecule has 2 N–H and O–H groups in total. The normalized spacial score (nSPS) is 13.8. The van der Waals surface area contributed by atoms with Crippen molar-refractivity contribution in [3.8, 4) is 0 Å². The lowest BCUT2D eigenvalue weighted by Crippen LogP contribution is -2.29. The number of aryl methyl sites for hydroxylation is 3. The highest BCUT2D eigenvalue weighted by atomic mass is 35.5. The van der Waals surface area contributed by atoms with Crippen LogP contribution >= 0.6 is 12.4 Å². The van der Waals surface area contributed by atoms with E-state index < -0.39 is 0 Å². The third kappa shape index (κ3) is 4.84. The molecule has 0 atom stereocenters. The number of anilines is 1. The van der Waals surface area contributed by atoms with E-state index in [1.54, 1.807) is 0 Å². The van der Waals surface area contributed by atoms with E-state index in [1.807, 2.05) is 13.8 Å². The minimum atomic E-state index is 0. The van der Waals surface area contributed by atoms with Gasteiger partial charge in [-0.1, -0.05) is 17.7 Å². The Labute approximate surface area is 121 Å². The van der Waals surface area contributed by atoms with E-state index >= 15 is 0 Å². The second-order valence-corrected chi connectivity index (χ2v) is 5.40. The SMILES string of the molecule is Cc1cc(C)c(NC(=O)CNCC2CC2)c(C)c1.Cl. The van der Waals surface area contributed by atoms with E-state index in [0.717, 1.165) is 29.3 Å². The summed E-state index contributed by atoms with van der Waals surface area (Å²) in [4.78, 5) is 11.8. The Morgan fingerprint density at radius 2 is 1.79 bits per heavy atom. The Kier molecular flexibility index (Phi) is 5.83. The maximum atomic E-state index is 11.8. The number of carbonyl (C=O) groups is 1. The molecule has 2 rings (SSSR count). The predicted molar refractivity (Wildman–Crippen MR) is 82.1 cm³/mol. The molecule has 1 aromatic carbocycles. The van der Waals surface area contributed by atoms with Gasteiger partial charge < -0.3 is 10.6 Å². The molecule has 0 saturated heterocycles. The van der Waals surface area contributed by atoms with Crippen molar-refractivity contribution in [1.29, 1.82) is 0 Å². The molecular weight excluding hydrogens is 260 g/mol. The van der Waals surface area contributed by atoms with Crippen LogP contribution in [0.2, 0.25) is 0 Å². The van der Waals surface area contributed by atoms with Crippen LogP contribution in [-0.2, 0) is 4.79 Å². The van der Waals surface area contributed by atoms with Gasteiger partial charge in [0.15, 0.2) is 0 Å². The number of benzene rings is 1. The number of carbonyl (C=O) groups excluding carboxylic acids is 1. The highest BCUT2D eigenvalue weighted by Gasteiger charge is 2.20. The van der Waals surface area contributed by atoms with Crippen LogP contribution in [0.15, 0.2) is 12.1 Å². The molecule has 1 aliphatic carbocycles. The molecule has 0 bridgehead atoms. The number of hydrogen-bond donors (Lipinski definition) is 2. The quantitative estimate of drug-likeness (QED) is 0.872. The first-order chi connectivity index (χ1) is 8.56. The summed E-state index contributed by atoms with van der Waals surface area (Å²) in [5.74, 6) is 0.853. The summed E-state index contributed by atoms with van der Waals surface area (Å²) in [7, 11) is 0. The van der Waals surface area contributed by atoms with Gasteiger partial charge in [-0.15, -0.1) is 12.4 Å². The Hall–Kier alpha value is -1.06. The monoisotopic (exact) mass is 282 g/mol. The van der Waals surface area contributed by atoms with E-state index in [1.165, 1.54) is 18.4 Å². The van der Waals surface area contributed by atoms with Gasteiger partial charge >= 0.3 is 0 Å². The molecule has 0 aliphatic heterocycles. The summed E-state index contributed by atoms with van der Waals surface area (Å²) in [5, 5.41) is 6.20.